The largest absolute Gasteiger partial charge is 0.480 e. The third-order valence-corrected chi connectivity index (χ3v) is 4.37. The number of amides is 3. The van der Waals surface area contributed by atoms with Crippen LogP contribution in [0.15, 0.2) is 0 Å². The number of aliphatic hydroxyl groups is 1. The number of likely N-dealkylation sites (tertiary alicyclic amines) is 1. The monoisotopic (exact) mass is 299 g/mol. The van der Waals surface area contributed by atoms with Crippen LogP contribution >= 0.6 is 0 Å². The van der Waals surface area contributed by atoms with Crippen LogP contribution < -0.4 is 5.32 Å². The maximum atomic E-state index is 12.6. The Kier molecular flexibility index (Phi) is 3.94. The highest BCUT2D eigenvalue weighted by Gasteiger charge is 2.57. The standard InChI is InChI=1S/C13H21N3O5/c1-12(2,10(19)20)16-9(18)13(14-11(16)21)3-5-15(6-4-13)7-8-17/h17H,3-8H2,1-2H3,(H,14,21)(H,19,20). The second-order valence-electron chi connectivity index (χ2n) is 6.08. The highest BCUT2D eigenvalue weighted by atomic mass is 16.4. The molecule has 2 heterocycles. The number of nitrogens with zero attached hydrogens (tertiary/aromatic N) is 2. The SMILES string of the molecule is CC(C)(C(=O)O)N1C(=O)NC2(CCN(CCO)CC2)C1=O. The minimum atomic E-state index is -1.58. The number of β-amino-alcohol motifs (C(OH)–C–C–N with tert-alkyl or cyclic N) is 1. The molecule has 2 rings (SSSR count). The van der Waals surface area contributed by atoms with E-state index in [9.17, 15) is 19.5 Å². The van der Waals surface area contributed by atoms with E-state index in [2.05, 4.69) is 5.32 Å². The van der Waals surface area contributed by atoms with Crippen LogP contribution in [-0.2, 0) is 9.59 Å². The molecule has 2 aliphatic rings. The van der Waals surface area contributed by atoms with Crippen molar-refractivity contribution in [1.29, 1.82) is 0 Å². The Morgan fingerprint density at radius 2 is 1.90 bits per heavy atom. The molecule has 0 bridgehead atoms. The fraction of sp³-hybridized carbons (Fsp3) is 0.769. The van der Waals surface area contributed by atoms with Crippen molar-refractivity contribution in [2.45, 2.75) is 37.8 Å². The molecular weight excluding hydrogens is 278 g/mol. The van der Waals surface area contributed by atoms with Crippen molar-refractivity contribution < 1.29 is 24.6 Å². The van der Waals surface area contributed by atoms with Gasteiger partial charge in [0, 0.05) is 19.6 Å². The Labute approximate surface area is 122 Å². The number of urea groups is 1. The number of carboxylic acids is 1. The number of carbonyl (C=O) groups excluding carboxylic acids is 2. The molecule has 2 saturated heterocycles. The van der Waals surface area contributed by atoms with E-state index in [-0.39, 0.29) is 6.61 Å². The lowest BCUT2D eigenvalue weighted by Crippen LogP contribution is -2.57. The molecule has 118 valence electrons. The molecule has 21 heavy (non-hydrogen) atoms. The highest BCUT2D eigenvalue weighted by molar-refractivity contribution is 6.10. The quantitative estimate of drug-likeness (QED) is 0.588. The minimum Gasteiger partial charge on any atom is -0.480 e. The fourth-order valence-corrected chi connectivity index (χ4v) is 2.86. The number of carboxylic acid groups (broad SMARTS) is 1. The van der Waals surface area contributed by atoms with Crippen LogP contribution in [0.2, 0.25) is 0 Å². The first-order valence-corrected chi connectivity index (χ1v) is 6.98. The number of hydrogen-bond donors (Lipinski definition) is 3. The van der Waals surface area contributed by atoms with Crippen molar-refractivity contribution in [3.8, 4) is 0 Å². The van der Waals surface area contributed by atoms with E-state index in [1.807, 2.05) is 4.90 Å². The zero-order valence-electron chi connectivity index (χ0n) is 12.3. The molecule has 8 nitrogen and oxygen atoms in total. The van der Waals surface area contributed by atoms with Crippen LogP contribution in [0.25, 0.3) is 0 Å². The van der Waals surface area contributed by atoms with Crippen LogP contribution in [0.4, 0.5) is 4.79 Å². The van der Waals surface area contributed by atoms with E-state index < -0.39 is 29.0 Å². The van der Waals surface area contributed by atoms with Gasteiger partial charge in [0.05, 0.1) is 6.61 Å². The molecule has 0 aromatic carbocycles. The van der Waals surface area contributed by atoms with E-state index in [0.717, 1.165) is 4.90 Å². The molecule has 8 heteroatoms. The molecular formula is C13H21N3O5. The average Bonchev–Trinajstić information content (AvgIpc) is 2.64. The van der Waals surface area contributed by atoms with Crippen LogP contribution in [-0.4, -0.2) is 75.2 Å². The van der Waals surface area contributed by atoms with Crippen molar-refractivity contribution >= 4 is 17.9 Å². The van der Waals surface area contributed by atoms with Crippen molar-refractivity contribution in [1.82, 2.24) is 15.1 Å². The van der Waals surface area contributed by atoms with Gasteiger partial charge in [-0.25, -0.2) is 14.5 Å². The predicted octanol–water partition coefficient (Wildman–Crippen LogP) is -0.772. The van der Waals surface area contributed by atoms with E-state index in [1.165, 1.54) is 13.8 Å². The van der Waals surface area contributed by atoms with Crippen LogP contribution in [0.1, 0.15) is 26.7 Å². The molecule has 0 radical (unpaired) electrons. The molecule has 2 aliphatic heterocycles. The third-order valence-electron chi connectivity index (χ3n) is 4.37. The topological polar surface area (TPSA) is 110 Å². The second-order valence-corrected chi connectivity index (χ2v) is 6.08. The summed E-state index contributed by atoms with van der Waals surface area (Å²) in [7, 11) is 0. The number of carbonyl (C=O) groups is 3. The maximum absolute atomic E-state index is 12.6. The Morgan fingerprint density at radius 1 is 1.33 bits per heavy atom. The van der Waals surface area contributed by atoms with Gasteiger partial charge in [0.25, 0.3) is 5.91 Å². The first kappa shape index (κ1) is 15.7. The van der Waals surface area contributed by atoms with Gasteiger partial charge in [-0.15, -0.1) is 0 Å². The number of aliphatic carboxylic acids is 1. The average molecular weight is 299 g/mol. The van der Waals surface area contributed by atoms with Gasteiger partial charge in [0.1, 0.15) is 11.1 Å². The molecule has 2 fully saturated rings. The summed E-state index contributed by atoms with van der Waals surface area (Å²) in [5.74, 6) is -1.69. The zero-order valence-corrected chi connectivity index (χ0v) is 12.3. The normalized spacial score (nSPS) is 22.7. The first-order chi connectivity index (χ1) is 9.74. The summed E-state index contributed by atoms with van der Waals surface area (Å²) < 4.78 is 0. The molecule has 3 N–H and O–H groups in total. The van der Waals surface area contributed by atoms with Crippen molar-refractivity contribution in [2.24, 2.45) is 0 Å². The van der Waals surface area contributed by atoms with E-state index in [1.54, 1.807) is 0 Å². The lowest BCUT2D eigenvalue weighted by atomic mass is 9.86. The Bertz CT molecular complexity index is 468. The summed E-state index contributed by atoms with van der Waals surface area (Å²) in [5.41, 5.74) is -2.58. The molecule has 0 saturated carbocycles. The summed E-state index contributed by atoms with van der Waals surface area (Å²) >= 11 is 0. The molecule has 0 aromatic heterocycles. The Hall–Kier alpha value is -1.67. The summed E-state index contributed by atoms with van der Waals surface area (Å²) in [5, 5.41) is 20.8. The lowest BCUT2D eigenvalue weighted by Gasteiger charge is -2.37. The molecule has 1 spiro atoms. The summed E-state index contributed by atoms with van der Waals surface area (Å²) in [6.45, 7) is 4.41. The van der Waals surface area contributed by atoms with Gasteiger partial charge in [-0.05, 0) is 26.7 Å². The lowest BCUT2D eigenvalue weighted by molar-refractivity contribution is -0.154. The highest BCUT2D eigenvalue weighted by Crippen LogP contribution is 2.33. The molecule has 0 aliphatic carbocycles. The van der Waals surface area contributed by atoms with Gasteiger partial charge in [-0.3, -0.25) is 4.79 Å². The zero-order chi connectivity index (χ0) is 15.8. The Morgan fingerprint density at radius 3 is 2.38 bits per heavy atom. The van der Waals surface area contributed by atoms with Gasteiger partial charge in [0.15, 0.2) is 0 Å². The second kappa shape index (κ2) is 5.27. The van der Waals surface area contributed by atoms with Gasteiger partial charge in [-0.1, -0.05) is 0 Å². The number of nitrogens with one attached hydrogen (secondary N) is 1. The molecule has 3 amide bonds. The minimum absolute atomic E-state index is 0.0471. The number of imide groups is 1. The van der Waals surface area contributed by atoms with Gasteiger partial charge >= 0.3 is 12.0 Å². The number of aliphatic hydroxyl groups excluding tert-OH is 1. The van der Waals surface area contributed by atoms with Crippen molar-refractivity contribution in [3.63, 3.8) is 0 Å². The summed E-state index contributed by atoms with van der Waals surface area (Å²) in [6.07, 6.45) is 0.841. The van der Waals surface area contributed by atoms with Crippen LogP contribution in [0, 0.1) is 0 Å². The predicted molar refractivity (Wildman–Crippen MR) is 72.6 cm³/mol. The van der Waals surface area contributed by atoms with Gasteiger partial charge < -0.3 is 20.4 Å². The number of rotatable bonds is 4. The first-order valence-electron chi connectivity index (χ1n) is 6.98. The van der Waals surface area contributed by atoms with E-state index >= 15 is 0 Å². The summed E-state index contributed by atoms with van der Waals surface area (Å²) in [6, 6.07) is -0.650. The maximum Gasteiger partial charge on any atom is 0.329 e. The van der Waals surface area contributed by atoms with Crippen LogP contribution in [0.3, 0.4) is 0 Å². The van der Waals surface area contributed by atoms with Gasteiger partial charge in [0.2, 0.25) is 0 Å². The molecule has 0 aromatic rings. The molecule has 0 atom stereocenters. The molecule has 0 unspecified atom stereocenters. The summed E-state index contributed by atoms with van der Waals surface area (Å²) in [4.78, 5) is 38.8. The Balaban J connectivity index is 2.18. The van der Waals surface area contributed by atoms with Crippen LogP contribution in [0.5, 0.6) is 0 Å². The van der Waals surface area contributed by atoms with Gasteiger partial charge in [-0.2, -0.15) is 0 Å². The van der Waals surface area contributed by atoms with Crippen molar-refractivity contribution in [3.05, 3.63) is 0 Å². The number of piperidine rings is 1. The fourth-order valence-electron chi connectivity index (χ4n) is 2.86. The van der Waals surface area contributed by atoms with Crippen molar-refractivity contribution in [2.75, 3.05) is 26.2 Å². The smallest absolute Gasteiger partial charge is 0.329 e. The van der Waals surface area contributed by atoms with E-state index in [4.69, 9.17) is 5.11 Å². The number of hydrogen-bond acceptors (Lipinski definition) is 5. The third kappa shape index (κ3) is 2.49. The van der Waals surface area contributed by atoms with E-state index in [0.29, 0.717) is 32.5 Å².